The summed E-state index contributed by atoms with van der Waals surface area (Å²) in [5.41, 5.74) is 5.07. The Hall–Kier alpha value is -3.15. The highest BCUT2D eigenvalue weighted by Gasteiger charge is 2.32. The number of benzene rings is 2. The molecule has 0 bridgehead atoms. The van der Waals surface area contributed by atoms with Gasteiger partial charge in [-0.2, -0.15) is 5.10 Å². The maximum absolute atomic E-state index is 12.9. The van der Waals surface area contributed by atoms with Crippen LogP contribution in [0.15, 0.2) is 70.8 Å². The molecule has 3 N–H and O–H groups in total. The molecule has 0 saturated heterocycles. The van der Waals surface area contributed by atoms with Crippen LogP contribution in [0.4, 0.5) is 5.69 Å². The number of nitrogens with two attached hydrogens (primary N) is 1. The molecule has 1 heterocycles. The van der Waals surface area contributed by atoms with E-state index in [1.165, 1.54) is 5.01 Å². The number of amidine groups is 1. The molecule has 116 valence electrons. The van der Waals surface area contributed by atoms with Gasteiger partial charge in [-0.15, -0.1) is 0 Å². The lowest BCUT2D eigenvalue weighted by Crippen LogP contribution is -2.54. The number of hydrazone groups is 1. The van der Waals surface area contributed by atoms with Crippen LogP contribution in [0.2, 0.25) is 0 Å². The number of hydrogen-bond acceptors (Lipinski definition) is 5. The van der Waals surface area contributed by atoms with Crippen molar-refractivity contribution in [3.63, 3.8) is 0 Å². The van der Waals surface area contributed by atoms with Gasteiger partial charge in [-0.25, -0.2) is 10.0 Å². The molecule has 0 spiro atoms. The molecule has 1 aliphatic rings. The lowest BCUT2D eigenvalue weighted by Gasteiger charge is -2.32. The molecular weight excluding hydrogens is 290 g/mol. The molecule has 3 rings (SSSR count). The van der Waals surface area contributed by atoms with E-state index in [2.05, 4.69) is 15.5 Å². The molecule has 6 heteroatoms. The molecule has 23 heavy (non-hydrogen) atoms. The van der Waals surface area contributed by atoms with Gasteiger partial charge in [0.25, 0.3) is 5.91 Å². The molecule has 2 aromatic carbocycles. The van der Waals surface area contributed by atoms with E-state index in [9.17, 15) is 4.79 Å². The molecule has 0 aromatic heterocycles. The monoisotopic (exact) mass is 307 g/mol. The van der Waals surface area contributed by atoms with Gasteiger partial charge in [-0.3, -0.25) is 10.2 Å². The van der Waals surface area contributed by atoms with Crippen LogP contribution in [0.5, 0.6) is 0 Å². The third-order valence-electron chi connectivity index (χ3n) is 3.60. The lowest BCUT2D eigenvalue weighted by atomic mass is 10.1. The Balaban J connectivity index is 2.06. The predicted octanol–water partition coefficient (Wildman–Crippen LogP) is 2.01. The fourth-order valence-electron chi connectivity index (χ4n) is 2.35. The van der Waals surface area contributed by atoms with E-state index >= 15 is 0 Å². The second-order valence-electron chi connectivity index (χ2n) is 5.13. The quantitative estimate of drug-likeness (QED) is 0.517. The minimum Gasteiger partial charge on any atom is -0.323 e. The number of amides is 1. The summed E-state index contributed by atoms with van der Waals surface area (Å²) in [6.45, 7) is 1.74. The summed E-state index contributed by atoms with van der Waals surface area (Å²) >= 11 is 0. The fraction of sp³-hybridized carbons (Fsp3) is 0.118. The maximum atomic E-state index is 12.9. The summed E-state index contributed by atoms with van der Waals surface area (Å²) in [5, 5.41) is 5.16. The fourth-order valence-corrected chi connectivity index (χ4v) is 2.35. The molecule has 1 amide bonds. The smallest absolute Gasteiger partial charge is 0.275 e. The largest absolute Gasteiger partial charge is 0.323 e. The number of hydrazine groups is 1. The SMILES string of the molecule is C/C(=N\N)C1=NC(c2ccccc2)C(=O)N(c2ccccc2)N1. The van der Waals surface area contributed by atoms with E-state index < -0.39 is 6.04 Å². The zero-order chi connectivity index (χ0) is 16.2. The van der Waals surface area contributed by atoms with Gasteiger partial charge in [0.2, 0.25) is 0 Å². The summed E-state index contributed by atoms with van der Waals surface area (Å²) in [5.74, 6) is 5.69. The molecule has 2 aromatic rings. The van der Waals surface area contributed by atoms with Crippen LogP contribution in [-0.4, -0.2) is 17.5 Å². The third kappa shape index (κ3) is 2.91. The number of anilines is 1. The number of aliphatic imine (C=N–C) groups is 1. The van der Waals surface area contributed by atoms with Crippen LogP contribution in [0.1, 0.15) is 18.5 Å². The Morgan fingerprint density at radius 1 is 1.13 bits per heavy atom. The van der Waals surface area contributed by atoms with E-state index in [1.54, 1.807) is 6.92 Å². The van der Waals surface area contributed by atoms with Crippen molar-refractivity contribution >= 4 is 23.1 Å². The van der Waals surface area contributed by atoms with E-state index in [4.69, 9.17) is 5.84 Å². The number of carbonyl (C=O) groups is 1. The number of hydrogen-bond donors (Lipinski definition) is 2. The van der Waals surface area contributed by atoms with Crippen molar-refractivity contribution in [2.75, 3.05) is 5.01 Å². The van der Waals surface area contributed by atoms with Crippen molar-refractivity contribution in [2.24, 2.45) is 15.9 Å². The normalized spacial score (nSPS) is 18.4. The summed E-state index contributed by atoms with van der Waals surface area (Å²) in [7, 11) is 0. The van der Waals surface area contributed by atoms with Crippen molar-refractivity contribution in [3.8, 4) is 0 Å². The van der Waals surface area contributed by atoms with Crippen LogP contribution in [0.25, 0.3) is 0 Å². The molecule has 0 aliphatic carbocycles. The van der Waals surface area contributed by atoms with E-state index in [1.807, 2.05) is 60.7 Å². The van der Waals surface area contributed by atoms with Gasteiger partial charge >= 0.3 is 0 Å². The van der Waals surface area contributed by atoms with E-state index in [-0.39, 0.29) is 5.91 Å². The van der Waals surface area contributed by atoms with Gasteiger partial charge < -0.3 is 5.84 Å². The van der Waals surface area contributed by atoms with E-state index in [0.29, 0.717) is 11.5 Å². The highest BCUT2D eigenvalue weighted by molar-refractivity contribution is 6.42. The van der Waals surface area contributed by atoms with Crippen LogP contribution in [0.3, 0.4) is 0 Å². The Labute approximate surface area is 134 Å². The third-order valence-corrected chi connectivity index (χ3v) is 3.60. The first kappa shape index (κ1) is 14.8. The number of carbonyl (C=O) groups excluding carboxylic acids is 1. The van der Waals surface area contributed by atoms with Gasteiger partial charge in [0.1, 0.15) is 5.71 Å². The van der Waals surface area contributed by atoms with Gasteiger partial charge in [-0.05, 0) is 24.6 Å². The number of rotatable bonds is 3. The Morgan fingerprint density at radius 2 is 1.74 bits per heavy atom. The van der Waals surface area contributed by atoms with Crippen LogP contribution >= 0.6 is 0 Å². The molecular formula is C17H17N5O. The zero-order valence-corrected chi connectivity index (χ0v) is 12.7. The highest BCUT2D eigenvalue weighted by atomic mass is 16.2. The second kappa shape index (κ2) is 6.31. The first-order valence-corrected chi connectivity index (χ1v) is 7.24. The average molecular weight is 307 g/mol. The van der Waals surface area contributed by atoms with Crippen LogP contribution in [-0.2, 0) is 4.79 Å². The Morgan fingerprint density at radius 3 is 2.35 bits per heavy atom. The van der Waals surface area contributed by atoms with Crippen molar-refractivity contribution in [2.45, 2.75) is 13.0 Å². The molecule has 0 saturated carbocycles. The van der Waals surface area contributed by atoms with Crippen molar-refractivity contribution in [1.29, 1.82) is 0 Å². The van der Waals surface area contributed by atoms with Crippen LogP contribution in [0, 0.1) is 0 Å². The molecule has 0 fully saturated rings. The number of nitrogens with one attached hydrogen (secondary N) is 1. The summed E-state index contributed by atoms with van der Waals surface area (Å²) in [4.78, 5) is 17.4. The van der Waals surface area contributed by atoms with Gasteiger partial charge in [0.05, 0.1) is 5.69 Å². The molecule has 1 atom stereocenters. The van der Waals surface area contributed by atoms with Crippen molar-refractivity contribution in [3.05, 3.63) is 66.2 Å². The minimum absolute atomic E-state index is 0.157. The standard InChI is InChI=1S/C17H17N5O/c1-12(20-18)16-19-15(13-8-4-2-5-9-13)17(23)22(21-16)14-10-6-3-7-11-14/h2-11,15H,18H2,1H3,(H,19,21)/b20-12+. The van der Waals surface area contributed by atoms with Crippen molar-refractivity contribution in [1.82, 2.24) is 5.43 Å². The first-order chi connectivity index (χ1) is 11.2. The molecule has 0 radical (unpaired) electrons. The van der Waals surface area contributed by atoms with Gasteiger partial charge in [-0.1, -0.05) is 48.5 Å². The van der Waals surface area contributed by atoms with Gasteiger partial charge in [0, 0.05) is 0 Å². The average Bonchev–Trinajstić information content (AvgIpc) is 2.62. The van der Waals surface area contributed by atoms with Crippen molar-refractivity contribution < 1.29 is 4.79 Å². The molecule has 6 nitrogen and oxygen atoms in total. The first-order valence-electron chi connectivity index (χ1n) is 7.24. The van der Waals surface area contributed by atoms with Gasteiger partial charge in [0.15, 0.2) is 11.9 Å². The van der Waals surface area contributed by atoms with E-state index in [0.717, 1.165) is 11.3 Å². The topological polar surface area (TPSA) is 83.1 Å². The zero-order valence-electron chi connectivity index (χ0n) is 12.7. The summed E-state index contributed by atoms with van der Waals surface area (Å²) in [6, 6.07) is 18.1. The Bertz CT molecular complexity index is 755. The lowest BCUT2D eigenvalue weighted by molar-refractivity contribution is -0.120. The number of nitrogens with zero attached hydrogens (tertiary/aromatic N) is 3. The predicted molar refractivity (Wildman–Crippen MR) is 91.0 cm³/mol. The maximum Gasteiger partial charge on any atom is 0.275 e. The molecule has 1 aliphatic heterocycles. The highest BCUT2D eigenvalue weighted by Crippen LogP contribution is 2.25. The Kier molecular flexibility index (Phi) is 4.05. The molecule has 1 unspecified atom stereocenters. The van der Waals surface area contributed by atoms with Crippen LogP contribution < -0.4 is 16.3 Å². The minimum atomic E-state index is -0.635. The summed E-state index contributed by atoms with van der Waals surface area (Å²) < 4.78 is 0. The second-order valence-corrected chi connectivity index (χ2v) is 5.13. The summed E-state index contributed by atoms with van der Waals surface area (Å²) in [6.07, 6.45) is 0. The number of para-hydroxylation sites is 1.